The number of carbonyl (C=O) groups excluding carboxylic acids is 1. The molecular formula is C10H13ClO3. The number of carboxylic acids is 1. The molecule has 0 heterocycles. The predicted octanol–water partition coefficient (Wildman–Crippen LogP) is 2.18. The van der Waals surface area contributed by atoms with Crippen molar-refractivity contribution >= 4 is 22.8 Å². The topological polar surface area (TPSA) is 54.4 Å². The van der Waals surface area contributed by atoms with Crippen LogP contribution in [0.5, 0.6) is 0 Å². The molecular weight excluding hydrogens is 204 g/mol. The van der Waals surface area contributed by atoms with Crippen molar-refractivity contribution in [1.82, 2.24) is 0 Å². The second kappa shape index (κ2) is 2.96. The van der Waals surface area contributed by atoms with Gasteiger partial charge in [0.15, 0.2) is 0 Å². The summed E-state index contributed by atoms with van der Waals surface area (Å²) >= 11 is 5.58. The highest BCUT2D eigenvalue weighted by molar-refractivity contribution is 6.64. The number of hydrogen-bond donors (Lipinski definition) is 1. The lowest BCUT2D eigenvalue weighted by Gasteiger charge is -2.49. The largest absolute Gasteiger partial charge is 0.481 e. The molecule has 3 saturated carbocycles. The van der Waals surface area contributed by atoms with Crippen LogP contribution in [-0.2, 0) is 9.59 Å². The van der Waals surface area contributed by atoms with Crippen LogP contribution in [-0.4, -0.2) is 16.3 Å². The average molecular weight is 217 g/mol. The first-order chi connectivity index (χ1) is 6.51. The maximum Gasteiger partial charge on any atom is 0.309 e. The minimum Gasteiger partial charge on any atom is -0.481 e. The number of carbonyl (C=O) groups is 2. The molecule has 0 spiro atoms. The smallest absolute Gasteiger partial charge is 0.309 e. The number of carboxylic acid groups (broad SMARTS) is 1. The Labute approximate surface area is 87.4 Å². The van der Waals surface area contributed by atoms with Gasteiger partial charge in [-0.15, -0.1) is 0 Å². The van der Waals surface area contributed by atoms with E-state index in [-0.39, 0.29) is 5.24 Å². The van der Waals surface area contributed by atoms with Crippen LogP contribution in [0.3, 0.4) is 0 Å². The molecule has 3 aliphatic carbocycles. The monoisotopic (exact) mass is 216 g/mol. The summed E-state index contributed by atoms with van der Waals surface area (Å²) in [6.07, 6.45) is 3.80. The summed E-state index contributed by atoms with van der Waals surface area (Å²) < 4.78 is 0. The number of rotatable bonds is 2. The van der Waals surface area contributed by atoms with Crippen molar-refractivity contribution in [2.45, 2.75) is 38.5 Å². The summed E-state index contributed by atoms with van der Waals surface area (Å²) in [5.41, 5.74) is -0.938. The number of halogens is 1. The molecule has 0 radical (unpaired) electrons. The fourth-order valence-corrected chi connectivity index (χ4v) is 3.08. The van der Waals surface area contributed by atoms with E-state index < -0.39 is 16.8 Å². The molecule has 3 fully saturated rings. The van der Waals surface area contributed by atoms with Gasteiger partial charge in [-0.3, -0.25) is 9.59 Å². The molecule has 0 aromatic carbocycles. The summed E-state index contributed by atoms with van der Waals surface area (Å²) in [5, 5.41) is 8.85. The van der Waals surface area contributed by atoms with E-state index >= 15 is 0 Å². The standard InChI is InChI=1S/C10H13ClO3/c11-7(12)9-1-4-10(5-2-9,6-3-9)8(13)14/h1-6H2,(H,13,14). The lowest BCUT2D eigenvalue weighted by Crippen LogP contribution is -2.48. The van der Waals surface area contributed by atoms with Crippen LogP contribution in [0.25, 0.3) is 0 Å². The summed E-state index contributed by atoms with van der Waals surface area (Å²) in [6.45, 7) is 0. The Bertz CT molecular complexity index is 243. The van der Waals surface area contributed by atoms with E-state index in [0.29, 0.717) is 38.5 Å². The first-order valence-corrected chi connectivity index (χ1v) is 5.32. The molecule has 14 heavy (non-hydrogen) atoms. The molecule has 1 N–H and O–H groups in total. The van der Waals surface area contributed by atoms with Gasteiger partial charge in [0.25, 0.3) is 0 Å². The second-order valence-corrected chi connectivity index (χ2v) is 4.98. The predicted molar refractivity (Wildman–Crippen MR) is 51.1 cm³/mol. The van der Waals surface area contributed by atoms with Crippen LogP contribution >= 0.6 is 11.6 Å². The molecule has 0 amide bonds. The summed E-state index contributed by atoms with van der Waals surface area (Å²) in [7, 11) is 0. The molecule has 0 aromatic rings. The van der Waals surface area contributed by atoms with Gasteiger partial charge >= 0.3 is 5.97 Å². The van der Waals surface area contributed by atoms with Gasteiger partial charge in [-0.05, 0) is 50.1 Å². The van der Waals surface area contributed by atoms with Crippen molar-refractivity contribution in [1.29, 1.82) is 0 Å². The molecule has 0 saturated heterocycles. The van der Waals surface area contributed by atoms with Crippen LogP contribution in [0.4, 0.5) is 0 Å². The minimum absolute atomic E-state index is 0.267. The van der Waals surface area contributed by atoms with Gasteiger partial charge < -0.3 is 5.11 Å². The highest BCUT2D eigenvalue weighted by atomic mass is 35.5. The molecule has 0 unspecified atom stereocenters. The number of hydrogen-bond acceptors (Lipinski definition) is 2. The van der Waals surface area contributed by atoms with Gasteiger partial charge in [-0.25, -0.2) is 0 Å². The van der Waals surface area contributed by atoms with Crippen molar-refractivity contribution in [3.63, 3.8) is 0 Å². The molecule has 78 valence electrons. The van der Waals surface area contributed by atoms with Gasteiger partial charge in [0, 0.05) is 5.41 Å². The fourth-order valence-electron chi connectivity index (χ4n) is 2.80. The average Bonchev–Trinajstić information content (AvgIpc) is 2.20. The van der Waals surface area contributed by atoms with Gasteiger partial charge in [-0.1, -0.05) is 0 Å². The highest BCUT2D eigenvalue weighted by Gasteiger charge is 2.55. The van der Waals surface area contributed by atoms with E-state index in [1.54, 1.807) is 0 Å². The quantitative estimate of drug-likeness (QED) is 0.720. The lowest BCUT2D eigenvalue weighted by atomic mass is 9.54. The van der Waals surface area contributed by atoms with Crippen LogP contribution in [0, 0.1) is 10.8 Å². The van der Waals surface area contributed by atoms with Gasteiger partial charge in [0.1, 0.15) is 0 Å². The maximum absolute atomic E-state index is 11.3. The highest BCUT2D eigenvalue weighted by Crippen LogP contribution is 2.57. The van der Waals surface area contributed by atoms with Crippen LogP contribution in [0.15, 0.2) is 0 Å². The van der Waals surface area contributed by atoms with Crippen molar-refractivity contribution < 1.29 is 14.7 Å². The van der Waals surface area contributed by atoms with Gasteiger partial charge in [0.2, 0.25) is 5.24 Å². The summed E-state index contributed by atoms with van der Waals surface area (Å²) in [6, 6.07) is 0. The molecule has 2 bridgehead atoms. The van der Waals surface area contributed by atoms with Crippen LogP contribution in [0.2, 0.25) is 0 Å². The lowest BCUT2D eigenvalue weighted by molar-refractivity contribution is -0.161. The Balaban J connectivity index is 2.21. The molecule has 3 aliphatic rings. The summed E-state index contributed by atoms with van der Waals surface area (Å²) in [4.78, 5) is 22.4. The van der Waals surface area contributed by atoms with Gasteiger partial charge in [-0.2, -0.15) is 0 Å². The third-order valence-corrected chi connectivity index (χ3v) is 4.52. The zero-order chi connectivity index (χ0) is 10.4. The molecule has 0 aliphatic heterocycles. The molecule has 4 heteroatoms. The second-order valence-electron chi connectivity index (χ2n) is 4.64. The van der Waals surface area contributed by atoms with E-state index in [1.165, 1.54) is 0 Å². The summed E-state index contributed by atoms with van der Waals surface area (Å²) in [5.74, 6) is -0.701. The molecule has 0 aromatic heterocycles. The Hall–Kier alpha value is -0.570. The first kappa shape index (κ1) is 9.97. The van der Waals surface area contributed by atoms with E-state index in [4.69, 9.17) is 16.7 Å². The zero-order valence-electron chi connectivity index (χ0n) is 7.88. The van der Waals surface area contributed by atoms with Crippen molar-refractivity contribution in [2.75, 3.05) is 0 Å². The number of aliphatic carboxylic acids is 1. The Morgan fingerprint density at radius 1 is 0.929 bits per heavy atom. The van der Waals surface area contributed by atoms with Crippen molar-refractivity contribution in [3.05, 3.63) is 0 Å². The molecule has 0 atom stereocenters. The van der Waals surface area contributed by atoms with Gasteiger partial charge in [0.05, 0.1) is 5.41 Å². The van der Waals surface area contributed by atoms with Crippen molar-refractivity contribution in [3.8, 4) is 0 Å². The normalized spacial score (nSPS) is 40.9. The Morgan fingerprint density at radius 3 is 1.57 bits per heavy atom. The Morgan fingerprint density at radius 2 is 1.29 bits per heavy atom. The third kappa shape index (κ3) is 1.18. The fraction of sp³-hybridized carbons (Fsp3) is 0.800. The van der Waals surface area contributed by atoms with E-state index in [9.17, 15) is 9.59 Å². The van der Waals surface area contributed by atoms with E-state index in [2.05, 4.69) is 0 Å². The van der Waals surface area contributed by atoms with Crippen molar-refractivity contribution in [2.24, 2.45) is 10.8 Å². The number of fused-ring (bicyclic) bond motifs is 3. The third-order valence-electron chi connectivity index (χ3n) is 4.12. The molecule has 3 rings (SSSR count). The SMILES string of the molecule is O=C(O)C12CCC(C(=O)Cl)(CC1)CC2. The van der Waals surface area contributed by atoms with E-state index in [1.807, 2.05) is 0 Å². The van der Waals surface area contributed by atoms with E-state index in [0.717, 1.165) is 0 Å². The first-order valence-electron chi connectivity index (χ1n) is 4.94. The van der Waals surface area contributed by atoms with Crippen LogP contribution in [0.1, 0.15) is 38.5 Å². The Kier molecular flexibility index (Phi) is 2.11. The molecule has 3 nitrogen and oxygen atoms in total. The van der Waals surface area contributed by atoms with Crippen LogP contribution < -0.4 is 0 Å². The maximum atomic E-state index is 11.3. The minimum atomic E-state index is -0.701. The zero-order valence-corrected chi connectivity index (χ0v) is 8.64.